The van der Waals surface area contributed by atoms with E-state index < -0.39 is 0 Å². The summed E-state index contributed by atoms with van der Waals surface area (Å²) in [6, 6.07) is 8.86. The van der Waals surface area contributed by atoms with Crippen molar-refractivity contribution in [1.29, 1.82) is 0 Å². The predicted molar refractivity (Wildman–Crippen MR) is 95.8 cm³/mol. The van der Waals surface area contributed by atoms with Gasteiger partial charge in [0, 0.05) is 24.3 Å². The minimum atomic E-state index is -0.341. The molecule has 1 aromatic rings. The normalized spacial score (nSPS) is 47.5. The van der Waals surface area contributed by atoms with Gasteiger partial charge in [0.1, 0.15) is 0 Å². The molecule has 1 saturated heterocycles. The van der Waals surface area contributed by atoms with E-state index in [1.807, 2.05) is 12.1 Å². The highest BCUT2D eigenvalue weighted by Crippen LogP contribution is 2.57. The minimum absolute atomic E-state index is 0.0795. The van der Waals surface area contributed by atoms with Crippen LogP contribution in [0.2, 0.25) is 5.02 Å². The summed E-state index contributed by atoms with van der Waals surface area (Å²) in [4.78, 5) is 2.65. The Labute approximate surface area is 149 Å². The predicted octanol–water partition coefficient (Wildman–Crippen LogP) is 3.36. The number of nitrogens with one attached hydrogen (secondary N) is 1. The Morgan fingerprint density at radius 2 is 1.88 bits per heavy atom. The SMILES string of the molecule is CC1(c2ccccc2Cl)CN(C2C3CC4CC2CC(O)(C4)C3)CN1. The number of rotatable bonds is 2. The molecule has 3 unspecified atom stereocenters. The molecule has 0 radical (unpaired) electrons. The summed E-state index contributed by atoms with van der Waals surface area (Å²) >= 11 is 6.47. The first kappa shape index (κ1) is 15.6. The van der Waals surface area contributed by atoms with Gasteiger partial charge in [-0.25, -0.2) is 0 Å². The van der Waals surface area contributed by atoms with Crippen LogP contribution in [0.3, 0.4) is 0 Å². The lowest BCUT2D eigenvalue weighted by atomic mass is 9.52. The molecule has 4 saturated carbocycles. The number of nitrogens with zero attached hydrogens (tertiary/aromatic N) is 1. The number of benzene rings is 1. The van der Waals surface area contributed by atoms with Crippen molar-refractivity contribution < 1.29 is 5.11 Å². The number of hydrogen-bond acceptors (Lipinski definition) is 3. The molecule has 24 heavy (non-hydrogen) atoms. The molecular formula is C20H27ClN2O. The van der Waals surface area contributed by atoms with Gasteiger partial charge in [0.2, 0.25) is 0 Å². The third-order valence-electron chi connectivity index (χ3n) is 7.27. The summed E-state index contributed by atoms with van der Waals surface area (Å²) in [6.45, 7) is 4.22. The van der Waals surface area contributed by atoms with E-state index in [-0.39, 0.29) is 11.1 Å². The molecule has 0 amide bonds. The van der Waals surface area contributed by atoms with Gasteiger partial charge in [-0.2, -0.15) is 0 Å². The standard InChI is InChI=1S/C20H27ClN2O/c1-19(16-4-2-3-5-17(16)21)11-23(12-22-19)18-14-6-13-7-15(18)10-20(24,8-13)9-14/h2-5,13-15,18,22,24H,6-12H2,1H3. The van der Waals surface area contributed by atoms with Gasteiger partial charge in [0.15, 0.2) is 0 Å². The molecule has 130 valence electrons. The second-order valence-corrected chi connectivity index (χ2v) is 9.49. The smallest absolute Gasteiger partial charge is 0.0657 e. The van der Waals surface area contributed by atoms with E-state index in [1.54, 1.807) is 0 Å². The molecule has 3 nitrogen and oxygen atoms in total. The van der Waals surface area contributed by atoms with E-state index in [0.29, 0.717) is 17.9 Å². The summed E-state index contributed by atoms with van der Waals surface area (Å²) in [6.07, 6.45) is 5.74. The van der Waals surface area contributed by atoms with E-state index >= 15 is 0 Å². The Bertz CT molecular complexity index is 649. The zero-order valence-corrected chi connectivity index (χ0v) is 15.1. The Kier molecular flexibility index (Phi) is 3.39. The Morgan fingerprint density at radius 3 is 2.54 bits per heavy atom. The average Bonchev–Trinajstić information content (AvgIpc) is 2.88. The fourth-order valence-electron chi connectivity index (χ4n) is 6.64. The van der Waals surface area contributed by atoms with Crippen molar-refractivity contribution in [2.45, 2.75) is 56.2 Å². The fourth-order valence-corrected chi connectivity index (χ4v) is 6.99. The summed E-state index contributed by atoms with van der Waals surface area (Å²) in [7, 11) is 0. The van der Waals surface area contributed by atoms with Crippen LogP contribution in [-0.2, 0) is 5.54 Å². The molecule has 4 bridgehead atoms. The first-order chi connectivity index (χ1) is 11.5. The van der Waals surface area contributed by atoms with Crippen LogP contribution in [0, 0.1) is 17.8 Å². The van der Waals surface area contributed by atoms with E-state index in [9.17, 15) is 5.11 Å². The van der Waals surface area contributed by atoms with Crippen molar-refractivity contribution in [3.8, 4) is 0 Å². The molecule has 1 aliphatic heterocycles. The molecule has 1 aromatic carbocycles. The zero-order chi connectivity index (χ0) is 16.5. The van der Waals surface area contributed by atoms with Crippen molar-refractivity contribution in [1.82, 2.24) is 10.2 Å². The van der Waals surface area contributed by atoms with E-state index in [0.717, 1.165) is 43.4 Å². The van der Waals surface area contributed by atoms with Gasteiger partial charge in [-0.3, -0.25) is 10.2 Å². The van der Waals surface area contributed by atoms with Gasteiger partial charge in [0.05, 0.1) is 11.1 Å². The summed E-state index contributed by atoms with van der Waals surface area (Å²) in [5.74, 6) is 2.13. The summed E-state index contributed by atoms with van der Waals surface area (Å²) in [5, 5.41) is 15.4. The van der Waals surface area contributed by atoms with Crippen LogP contribution in [0.4, 0.5) is 0 Å². The van der Waals surface area contributed by atoms with Crippen molar-refractivity contribution in [2.24, 2.45) is 17.8 Å². The first-order valence-corrected chi connectivity index (χ1v) is 9.80. The lowest BCUT2D eigenvalue weighted by molar-refractivity contribution is -0.158. The molecule has 1 heterocycles. The maximum atomic E-state index is 10.8. The quantitative estimate of drug-likeness (QED) is 0.862. The van der Waals surface area contributed by atoms with Gasteiger partial charge in [-0.05, 0) is 68.4 Å². The van der Waals surface area contributed by atoms with Gasteiger partial charge in [0.25, 0.3) is 0 Å². The third kappa shape index (κ3) is 2.28. The number of aliphatic hydroxyl groups is 1. The first-order valence-electron chi connectivity index (χ1n) is 9.42. The van der Waals surface area contributed by atoms with Gasteiger partial charge >= 0.3 is 0 Å². The summed E-state index contributed by atoms with van der Waals surface area (Å²) in [5.41, 5.74) is 0.785. The third-order valence-corrected chi connectivity index (χ3v) is 7.60. The molecule has 0 aromatic heterocycles. The monoisotopic (exact) mass is 346 g/mol. The topological polar surface area (TPSA) is 35.5 Å². The Hall–Kier alpha value is -0.610. The molecule has 5 fully saturated rings. The second kappa shape index (κ2) is 5.20. The van der Waals surface area contributed by atoms with Gasteiger partial charge in [-0.15, -0.1) is 0 Å². The highest BCUT2D eigenvalue weighted by molar-refractivity contribution is 6.31. The van der Waals surface area contributed by atoms with Crippen LogP contribution in [0.15, 0.2) is 24.3 Å². The van der Waals surface area contributed by atoms with Crippen LogP contribution < -0.4 is 5.32 Å². The van der Waals surface area contributed by atoms with Crippen molar-refractivity contribution in [2.75, 3.05) is 13.2 Å². The second-order valence-electron chi connectivity index (χ2n) is 9.08. The maximum Gasteiger partial charge on any atom is 0.0657 e. The van der Waals surface area contributed by atoms with E-state index in [4.69, 9.17) is 11.6 Å². The molecule has 2 N–H and O–H groups in total. The summed E-state index contributed by atoms with van der Waals surface area (Å²) < 4.78 is 0. The van der Waals surface area contributed by atoms with Crippen molar-refractivity contribution >= 4 is 11.6 Å². The Morgan fingerprint density at radius 1 is 1.17 bits per heavy atom. The van der Waals surface area contributed by atoms with Crippen LogP contribution in [-0.4, -0.2) is 34.9 Å². The number of hydrogen-bond donors (Lipinski definition) is 2. The fraction of sp³-hybridized carbons (Fsp3) is 0.700. The van der Waals surface area contributed by atoms with Crippen LogP contribution in [0.25, 0.3) is 0 Å². The molecule has 4 aliphatic carbocycles. The zero-order valence-electron chi connectivity index (χ0n) is 14.3. The van der Waals surface area contributed by atoms with Crippen molar-refractivity contribution in [3.63, 3.8) is 0 Å². The lowest BCUT2D eigenvalue weighted by Crippen LogP contribution is -2.61. The van der Waals surface area contributed by atoms with Crippen LogP contribution >= 0.6 is 11.6 Å². The maximum absolute atomic E-state index is 10.8. The Balaban J connectivity index is 1.39. The van der Waals surface area contributed by atoms with E-state index in [1.165, 1.54) is 18.4 Å². The highest BCUT2D eigenvalue weighted by atomic mass is 35.5. The average molecular weight is 347 g/mol. The molecule has 5 aliphatic rings. The van der Waals surface area contributed by atoms with Crippen LogP contribution in [0.1, 0.15) is 44.6 Å². The van der Waals surface area contributed by atoms with E-state index in [2.05, 4.69) is 29.3 Å². The molecule has 6 rings (SSSR count). The number of halogens is 1. The van der Waals surface area contributed by atoms with Gasteiger partial charge < -0.3 is 5.11 Å². The molecular weight excluding hydrogens is 320 g/mol. The van der Waals surface area contributed by atoms with Gasteiger partial charge in [-0.1, -0.05) is 29.8 Å². The highest BCUT2D eigenvalue weighted by Gasteiger charge is 2.57. The van der Waals surface area contributed by atoms with Crippen molar-refractivity contribution in [3.05, 3.63) is 34.9 Å². The minimum Gasteiger partial charge on any atom is -0.390 e. The lowest BCUT2D eigenvalue weighted by Gasteiger charge is -2.60. The largest absolute Gasteiger partial charge is 0.390 e. The molecule has 4 heteroatoms. The van der Waals surface area contributed by atoms with Crippen LogP contribution in [0.5, 0.6) is 0 Å². The molecule has 3 atom stereocenters. The molecule has 0 spiro atoms.